The Kier molecular flexibility index (Phi) is 7.96. The van der Waals surface area contributed by atoms with E-state index in [9.17, 15) is 27.2 Å². The first-order valence-corrected chi connectivity index (χ1v) is 12.2. The van der Waals surface area contributed by atoms with Crippen LogP contribution in [-0.2, 0) is 4.79 Å². The Hall–Kier alpha value is -3.93. The lowest BCUT2D eigenvalue weighted by Gasteiger charge is -2.44. The largest absolute Gasteiger partial charge is 0.387 e. The number of rotatable bonds is 6. The summed E-state index contributed by atoms with van der Waals surface area (Å²) in [5.74, 6) is -5.60. The molecule has 0 spiro atoms. The summed E-state index contributed by atoms with van der Waals surface area (Å²) in [6.45, 7) is 5.01. The summed E-state index contributed by atoms with van der Waals surface area (Å²) in [5.41, 5.74) is 3.12. The van der Waals surface area contributed by atoms with E-state index in [0.717, 1.165) is 18.2 Å². The summed E-state index contributed by atoms with van der Waals surface area (Å²) >= 11 is 0. The molecule has 39 heavy (non-hydrogen) atoms. The first-order valence-electron chi connectivity index (χ1n) is 12.2. The smallest absolute Gasteiger partial charge is 0.264 e. The van der Waals surface area contributed by atoms with Gasteiger partial charge in [0.25, 0.3) is 18.2 Å². The molecule has 1 fully saturated rings. The van der Waals surface area contributed by atoms with E-state index in [1.165, 1.54) is 18.3 Å². The molecular formula is C27H28F5N5O2. The topological polar surface area (TPSA) is 90.7 Å². The van der Waals surface area contributed by atoms with Gasteiger partial charge < -0.3 is 21.3 Å². The summed E-state index contributed by atoms with van der Waals surface area (Å²) in [7, 11) is 1.96. The van der Waals surface area contributed by atoms with Crippen molar-refractivity contribution in [1.29, 1.82) is 0 Å². The number of likely N-dealkylation sites (N-methyl/N-ethyl adjacent to an activating group) is 1. The molecule has 7 nitrogen and oxygen atoms in total. The second kappa shape index (κ2) is 11.0. The highest BCUT2D eigenvalue weighted by atomic mass is 19.3. The Balaban J connectivity index is 1.81. The zero-order chi connectivity index (χ0) is 28.6. The Bertz CT molecular complexity index is 1340. The molecule has 0 aliphatic carbocycles. The van der Waals surface area contributed by atoms with Gasteiger partial charge in [0.05, 0.1) is 16.9 Å². The number of nitrogens with one attached hydrogen (secondary N) is 2. The quantitative estimate of drug-likeness (QED) is 0.474. The highest BCUT2D eigenvalue weighted by Gasteiger charge is 2.30. The highest BCUT2D eigenvalue weighted by molar-refractivity contribution is 6.09. The van der Waals surface area contributed by atoms with E-state index >= 15 is 4.39 Å². The second-order valence-corrected chi connectivity index (χ2v) is 9.68. The highest BCUT2D eigenvalue weighted by Crippen LogP contribution is 2.37. The SMILES string of the molecule is C[C@@H]1CN(c2cc(F)c(-c3cc(F)c(C(N)=O)c(F)c3)cc2NC(=O)C2=CNCC=C2C(F)F)C[C@H](C)N1C. The average molecular weight is 550 g/mol. The van der Waals surface area contributed by atoms with Gasteiger partial charge in [-0.15, -0.1) is 0 Å². The van der Waals surface area contributed by atoms with Gasteiger partial charge in [-0.05, 0) is 50.7 Å². The minimum absolute atomic E-state index is 0.0558. The number of piperazine rings is 1. The molecule has 2 aliphatic heterocycles. The number of hydrogen-bond acceptors (Lipinski definition) is 5. The van der Waals surface area contributed by atoms with Crippen molar-refractivity contribution >= 4 is 23.2 Å². The van der Waals surface area contributed by atoms with Crippen molar-refractivity contribution in [2.24, 2.45) is 5.73 Å². The number of hydrogen-bond donors (Lipinski definition) is 3. The molecule has 1 saturated heterocycles. The van der Waals surface area contributed by atoms with Gasteiger partial charge in [0, 0.05) is 49.1 Å². The second-order valence-electron chi connectivity index (χ2n) is 9.68. The van der Waals surface area contributed by atoms with Crippen molar-refractivity contribution in [3.63, 3.8) is 0 Å². The van der Waals surface area contributed by atoms with Crippen molar-refractivity contribution < 1.29 is 31.5 Å². The fourth-order valence-corrected chi connectivity index (χ4v) is 4.83. The fraction of sp³-hybridized carbons (Fsp3) is 0.333. The van der Waals surface area contributed by atoms with Crippen LogP contribution in [0.1, 0.15) is 24.2 Å². The monoisotopic (exact) mass is 549 g/mol. The molecule has 2 atom stereocenters. The third-order valence-corrected chi connectivity index (χ3v) is 7.11. The first kappa shape index (κ1) is 28.1. The van der Waals surface area contributed by atoms with Gasteiger partial charge in [0.1, 0.15) is 23.0 Å². The van der Waals surface area contributed by atoms with E-state index in [0.29, 0.717) is 13.1 Å². The number of amides is 2. The lowest BCUT2D eigenvalue weighted by Crippen LogP contribution is -2.55. The number of anilines is 2. The van der Waals surface area contributed by atoms with Crippen LogP contribution in [0.25, 0.3) is 11.1 Å². The molecular weight excluding hydrogens is 521 g/mol. The van der Waals surface area contributed by atoms with Crippen LogP contribution in [0.5, 0.6) is 0 Å². The molecule has 4 rings (SSSR count). The van der Waals surface area contributed by atoms with E-state index in [1.54, 1.807) is 0 Å². The third kappa shape index (κ3) is 5.60. The molecule has 0 unspecified atom stereocenters. The molecule has 2 heterocycles. The number of primary amides is 1. The Labute approximate surface area is 222 Å². The van der Waals surface area contributed by atoms with E-state index in [1.807, 2.05) is 25.8 Å². The maximum absolute atomic E-state index is 15.5. The Morgan fingerprint density at radius 3 is 2.21 bits per heavy atom. The molecule has 4 N–H and O–H groups in total. The summed E-state index contributed by atoms with van der Waals surface area (Å²) in [5, 5.41) is 5.32. The zero-order valence-electron chi connectivity index (χ0n) is 21.5. The van der Waals surface area contributed by atoms with Gasteiger partial charge in [-0.2, -0.15) is 0 Å². The van der Waals surface area contributed by atoms with E-state index in [2.05, 4.69) is 15.5 Å². The average Bonchev–Trinajstić information content (AvgIpc) is 2.87. The van der Waals surface area contributed by atoms with Crippen molar-refractivity contribution in [1.82, 2.24) is 10.2 Å². The standard InChI is InChI=1S/C27H28F5N5O2/c1-13-11-37(12-14(2)36(13)3)23-9-19(28)17(15-6-20(29)24(26(33)38)21(30)7-15)8-22(23)35-27(39)18-10-34-5-4-16(18)25(31)32/h4,6-10,13-14,25,34H,5,11-12H2,1-3H3,(H2,33,38)(H,35,39)/t13-,14+. The van der Waals surface area contributed by atoms with Crippen LogP contribution in [0, 0.1) is 17.5 Å². The van der Waals surface area contributed by atoms with Crippen molar-refractivity contribution in [2.75, 3.05) is 36.9 Å². The van der Waals surface area contributed by atoms with E-state index < -0.39 is 46.8 Å². The van der Waals surface area contributed by atoms with Gasteiger partial charge >= 0.3 is 0 Å². The molecule has 0 radical (unpaired) electrons. The lowest BCUT2D eigenvalue weighted by atomic mass is 9.99. The van der Waals surface area contributed by atoms with E-state index in [-0.39, 0.29) is 46.7 Å². The van der Waals surface area contributed by atoms with Crippen LogP contribution in [0.4, 0.5) is 33.3 Å². The van der Waals surface area contributed by atoms with Crippen molar-refractivity contribution in [2.45, 2.75) is 32.4 Å². The normalized spacial score (nSPS) is 19.9. The molecule has 2 aromatic carbocycles. The molecule has 0 bridgehead atoms. The van der Waals surface area contributed by atoms with Crippen LogP contribution in [-0.4, -0.2) is 61.9 Å². The number of halogens is 5. The predicted molar refractivity (Wildman–Crippen MR) is 138 cm³/mol. The number of carbonyl (C=O) groups excluding carboxylic acids is 2. The number of nitrogens with zero attached hydrogens (tertiary/aromatic N) is 2. The maximum Gasteiger partial charge on any atom is 0.264 e. The van der Waals surface area contributed by atoms with Crippen LogP contribution in [0.3, 0.4) is 0 Å². The minimum atomic E-state index is -2.90. The molecule has 2 amide bonds. The van der Waals surface area contributed by atoms with Gasteiger partial charge in [-0.1, -0.05) is 6.08 Å². The fourth-order valence-electron chi connectivity index (χ4n) is 4.83. The van der Waals surface area contributed by atoms with Gasteiger partial charge in [0.15, 0.2) is 0 Å². The summed E-state index contributed by atoms with van der Waals surface area (Å²) in [6.07, 6.45) is -0.526. The van der Waals surface area contributed by atoms with Crippen LogP contribution < -0.4 is 21.3 Å². The van der Waals surface area contributed by atoms with Gasteiger partial charge in [0.2, 0.25) is 0 Å². The van der Waals surface area contributed by atoms with Crippen LogP contribution in [0.15, 0.2) is 47.7 Å². The molecule has 208 valence electrons. The van der Waals surface area contributed by atoms with Crippen molar-refractivity contribution in [3.8, 4) is 11.1 Å². The van der Waals surface area contributed by atoms with Gasteiger partial charge in [-0.25, -0.2) is 22.0 Å². The number of carbonyl (C=O) groups is 2. The lowest BCUT2D eigenvalue weighted by molar-refractivity contribution is -0.112. The molecule has 0 saturated carbocycles. The number of nitrogens with two attached hydrogens (primary N) is 1. The predicted octanol–water partition coefficient (Wildman–Crippen LogP) is 4.02. The molecule has 2 aromatic rings. The number of benzene rings is 2. The molecule has 12 heteroatoms. The zero-order valence-corrected chi connectivity index (χ0v) is 21.5. The summed E-state index contributed by atoms with van der Waals surface area (Å²) in [4.78, 5) is 28.6. The van der Waals surface area contributed by atoms with Crippen LogP contribution >= 0.6 is 0 Å². The maximum atomic E-state index is 15.5. The number of dihydropyridines is 1. The summed E-state index contributed by atoms with van der Waals surface area (Å²) in [6, 6.07) is 3.96. The van der Waals surface area contributed by atoms with Crippen molar-refractivity contribution in [3.05, 3.63) is 70.7 Å². The number of alkyl halides is 2. The van der Waals surface area contributed by atoms with Gasteiger partial charge in [-0.3, -0.25) is 14.5 Å². The molecule has 2 aliphatic rings. The Morgan fingerprint density at radius 2 is 1.64 bits per heavy atom. The summed E-state index contributed by atoms with van der Waals surface area (Å²) < 4.78 is 71.7. The Morgan fingerprint density at radius 1 is 1.03 bits per heavy atom. The minimum Gasteiger partial charge on any atom is -0.387 e. The van der Waals surface area contributed by atoms with Crippen LogP contribution in [0.2, 0.25) is 0 Å². The third-order valence-electron chi connectivity index (χ3n) is 7.11. The first-order chi connectivity index (χ1) is 18.4. The van der Waals surface area contributed by atoms with E-state index in [4.69, 9.17) is 5.73 Å². The molecule has 0 aromatic heterocycles.